The van der Waals surface area contributed by atoms with E-state index >= 15 is 0 Å². The molecule has 1 fully saturated rings. The molecule has 0 saturated carbocycles. The van der Waals surface area contributed by atoms with E-state index in [4.69, 9.17) is 21.3 Å². The number of rotatable bonds is 6. The molecule has 0 radical (unpaired) electrons. The SMILES string of the molecule is COCCNc1nccc(C2(c3ccccc3Cl)CCNCC2)n1.Cl. The van der Waals surface area contributed by atoms with Crippen molar-refractivity contribution in [2.45, 2.75) is 18.3 Å². The van der Waals surface area contributed by atoms with Gasteiger partial charge < -0.3 is 15.4 Å². The summed E-state index contributed by atoms with van der Waals surface area (Å²) in [7, 11) is 1.68. The van der Waals surface area contributed by atoms with Crippen molar-refractivity contribution in [3.63, 3.8) is 0 Å². The van der Waals surface area contributed by atoms with Crippen molar-refractivity contribution in [3.8, 4) is 0 Å². The monoisotopic (exact) mass is 382 g/mol. The van der Waals surface area contributed by atoms with Crippen LogP contribution in [0, 0.1) is 0 Å². The van der Waals surface area contributed by atoms with E-state index in [9.17, 15) is 0 Å². The molecular weight excluding hydrogens is 359 g/mol. The van der Waals surface area contributed by atoms with Gasteiger partial charge >= 0.3 is 0 Å². The molecule has 2 aromatic rings. The van der Waals surface area contributed by atoms with Gasteiger partial charge in [-0.3, -0.25) is 0 Å². The van der Waals surface area contributed by atoms with Crippen LogP contribution in [0.2, 0.25) is 5.02 Å². The molecule has 1 aromatic heterocycles. The van der Waals surface area contributed by atoms with Crippen LogP contribution in [0.5, 0.6) is 0 Å². The Kier molecular flexibility index (Phi) is 7.44. The summed E-state index contributed by atoms with van der Waals surface area (Å²) < 4.78 is 5.07. The number of piperidine rings is 1. The fourth-order valence-electron chi connectivity index (χ4n) is 3.34. The fourth-order valence-corrected chi connectivity index (χ4v) is 3.66. The van der Waals surface area contributed by atoms with Crippen LogP contribution in [-0.4, -0.2) is 43.3 Å². The van der Waals surface area contributed by atoms with Gasteiger partial charge in [-0.05, 0) is 43.6 Å². The summed E-state index contributed by atoms with van der Waals surface area (Å²) in [6, 6.07) is 10.1. The van der Waals surface area contributed by atoms with E-state index in [0.717, 1.165) is 42.2 Å². The number of nitrogens with zero attached hydrogens (tertiary/aromatic N) is 2. The van der Waals surface area contributed by atoms with Crippen molar-refractivity contribution in [2.75, 3.05) is 38.7 Å². The number of aromatic nitrogens is 2. The summed E-state index contributed by atoms with van der Waals surface area (Å²) in [4.78, 5) is 9.12. The highest BCUT2D eigenvalue weighted by atomic mass is 35.5. The van der Waals surface area contributed by atoms with Gasteiger partial charge in [0.25, 0.3) is 0 Å². The largest absolute Gasteiger partial charge is 0.383 e. The van der Waals surface area contributed by atoms with E-state index in [1.807, 2.05) is 30.5 Å². The zero-order valence-corrected chi connectivity index (χ0v) is 15.9. The molecule has 25 heavy (non-hydrogen) atoms. The molecule has 2 heterocycles. The van der Waals surface area contributed by atoms with Gasteiger partial charge in [-0.2, -0.15) is 0 Å². The number of anilines is 1. The molecule has 3 rings (SSSR count). The molecule has 7 heteroatoms. The molecule has 1 saturated heterocycles. The fraction of sp³-hybridized carbons (Fsp3) is 0.444. The van der Waals surface area contributed by atoms with E-state index in [2.05, 4.69) is 21.7 Å². The molecule has 136 valence electrons. The Morgan fingerprint density at radius 3 is 2.72 bits per heavy atom. The maximum absolute atomic E-state index is 6.54. The highest BCUT2D eigenvalue weighted by Gasteiger charge is 2.38. The number of methoxy groups -OCH3 is 1. The molecule has 0 amide bonds. The quantitative estimate of drug-likeness (QED) is 0.750. The lowest BCUT2D eigenvalue weighted by Gasteiger charge is -2.38. The third kappa shape index (κ3) is 4.42. The number of hydrogen-bond donors (Lipinski definition) is 2. The Balaban J connectivity index is 0.00000225. The van der Waals surface area contributed by atoms with Crippen LogP contribution in [0.25, 0.3) is 0 Å². The van der Waals surface area contributed by atoms with E-state index in [1.54, 1.807) is 7.11 Å². The first kappa shape index (κ1) is 19.9. The first-order valence-electron chi connectivity index (χ1n) is 8.28. The van der Waals surface area contributed by atoms with Gasteiger partial charge in [-0.1, -0.05) is 29.8 Å². The minimum Gasteiger partial charge on any atom is -0.383 e. The van der Waals surface area contributed by atoms with E-state index in [-0.39, 0.29) is 17.8 Å². The summed E-state index contributed by atoms with van der Waals surface area (Å²) >= 11 is 6.54. The van der Waals surface area contributed by atoms with Gasteiger partial charge in [0.05, 0.1) is 12.3 Å². The normalized spacial score (nSPS) is 16.1. The van der Waals surface area contributed by atoms with Crippen LogP contribution < -0.4 is 10.6 Å². The predicted octanol–water partition coefficient (Wildman–Crippen LogP) is 3.28. The molecule has 1 aromatic carbocycles. The summed E-state index contributed by atoms with van der Waals surface area (Å²) in [5.74, 6) is 0.634. The summed E-state index contributed by atoms with van der Waals surface area (Å²) in [5, 5.41) is 7.45. The lowest BCUT2D eigenvalue weighted by Crippen LogP contribution is -2.41. The van der Waals surface area contributed by atoms with Crippen LogP contribution in [0.3, 0.4) is 0 Å². The van der Waals surface area contributed by atoms with Gasteiger partial charge in [-0.25, -0.2) is 9.97 Å². The smallest absolute Gasteiger partial charge is 0.222 e. The molecule has 0 spiro atoms. The molecule has 0 unspecified atom stereocenters. The number of nitrogens with one attached hydrogen (secondary N) is 2. The highest BCUT2D eigenvalue weighted by Crippen LogP contribution is 2.42. The topological polar surface area (TPSA) is 59.1 Å². The van der Waals surface area contributed by atoms with Crippen molar-refractivity contribution in [1.82, 2.24) is 15.3 Å². The Hall–Kier alpha value is -1.40. The standard InChI is InChI=1S/C18H23ClN4O.ClH/c1-24-13-12-22-17-21-9-6-16(23-17)18(7-10-20-11-8-18)14-4-2-3-5-15(14)19;/h2-6,9,20H,7-8,10-13H2,1H3,(H,21,22,23);1H. The molecule has 1 aliphatic rings. The second kappa shape index (κ2) is 9.34. The summed E-state index contributed by atoms with van der Waals surface area (Å²) in [6.07, 6.45) is 3.74. The minimum atomic E-state index is -0.176. The Bertz CT molecular complexity index is 678. The molecule has 1 aliphatic heterocycles. The van der Waals surface area contributed by atoms with Gasteiger partial charge in [0.1, 0.15) is 0 Å². The number of ether oxygens (including phenoxy) is 1. The number of hydrogen-bond acceptors (Lipinski definition) is 5. The lowest BCUT2D eigenvalue weighted by atomic mass is 9.70. The van der Waals surface area contributed by atoms with Crippen LogP contribution >= 0.6 is 24.0 Å². The third-order valence-corrected chi connectivity index (χ3v) is 4.91. The van der Waals surface area contributed by atoms with Crippen molar-refractivity contribution in [2.24, 2.45) is 0 Å². The lowest BCUT2D eigenvalue weighted by molar-refractivity contribution is 0.210. The summed E-state index contributed by atoms with van der Waals surface area (Å²) in [5.41, 5.74) is 1.99. The van der Waals surface area contributed by atoms with Crippen LogP contribution in [0.4, 0.5) is 5.95 Å². The molecule has 5 nitrogen and oxygen atoms in total. The highest BCUT2D eigenvalue weighted by molar-refractivity contribution is 6.31. The second-order valence-corrected chi connectivity index (χ2v) is 6.40. The predicted molar refractivity (Wildman–Crippen MR) is 104 cm³/mol. The molecule has 0 bridgehead atoms. The van der Waals surface area contributed by atoms with E-state index in [1.165, 1.54) is 0 Å². The van der Waals surface area contributed by atoms with E-state index < -0.39 is 0 Å². The van der Waals surface area contributed by atoms with Crippen LogP contribution in [-0.2, 0) is 10.2 Å². The van der Waals surface area contributed by atoms with Gasteiger partial charge in [-0.15, -0.1) is 12.4 Å². The molecule has 0 atom stereocenters. The number of benzene rings is 1. The zero-order valence-electron chi connectivity index (χ0n) is 14.3. The Labute approximate surface area is 160 Å². The average molecular weight is 383 g/mol. The van der Waals surface area contributed by atoms with E-state index in [0.29, 0.717) is 19.1 Å². The van der Waals surface area contributed by atoms with Crippen LogP contribution in [0.15, 0.2) is 36.5 Å². The maximum Gasteiger partial charge on any atom is 0.222 e. The Morgan fingerprint density at radius 2 is 2.00 bits per heavy atom. The van der Waals surface area contributed by atoms with Crippen molar-refractivity contribution in [1.29, 1.82) is 0 Å². The van der Waals surface area contributed by atoms with Crippen molar-refractivity contribution < 1.29 is 4.74 Å². The van der Waals surface area contributed by atoms with Gasteiger partial charge in [0, 0.05) is 30.3 Å². The number of halogens is 2. The van der Waals surface area contributed by atoms with Crippen molar-refractivity contribution >= 4 is 30.0 Å². The molecular formula is C18H24Cl2N4O. The van der Waals surface area contributed by atoms with Gasteiger partial charge in [0.15, 0.2) is 0 Å². The zero-order chi connectivity index (χ0) is 16.8. The van der Waals surface area contributed by atoms with Crippen molar-refractivity contribution in [3.05, 3.63) is 52.8 Å². The maximum atomic E-state index is 6.54. The van der Waals surface area contributed by atoms with Crippen LogP contribution in [0.1, 0.15) is 24.1 Å². The second-order valence-electron chi connectivity index (χ2n) is 6.00. The minimum absolute atomic E-state index is 0. The Morgan fingerprint density at radius 1 is 1.24 bits per heavy atom. The average Bonchev–Trinajstić information content (AvgIpc) is 2.63. The first-order valence-corrected chi connectivity index (χ1v) is 8.66. The molecule has 2 N–H and O–H groups in total. The first-order chi connectivity index (χ1) is 11.8. The summed E-state index contributed by atoms with van der Waals surface area (Å²) in [6.45, 7) is 3.19. The third-order valence-electron chi connectivity index (χ3n) is 4.58. The molecule has 0 aliphatic carbocycles. The van der Waals surface area contributed by atoms with Gasteiger partial charge in [0.2, 0.25) is 5.95 Å².